The highest BCUT2D eigenvalue weighted by molar-refractivity contribution is 5.86. The highest BCUT2D eigenvalue weighted by Gasteiger charge is 2.50. The predicted molar refractivity (Wildman–Crippen MR) is 86.0 cm³/mol. The molecule has 0 N–H and O–H groups in total. The van der Waals surface area contributed by atoms with Crippen molar-refractivity contribution in [1.29, 1.82) is 0 Å². The number of rotatable bonds is 2. The summed E-state index contributed by atoms with van der Waals surface area (Å²) in [4.78, 5) is 25.5. The summed E-state index contributed by atoms with van der Waals surface area (Å²) in [6, 6.07) is 0.322. The van der Waals surface area contributed by atoms with Gasteiger partial charge >= 0.3 is 0 Å². The highest BCUT2D eigenvalue weighted by Crippen LogP contribution is 2.42. The van der Waals surface area contributed by atoms with Crippen molar-refractivity contribution in [2.75, 3.05) is 37.7 Å². The van der Waals surface area contributed by atoms with Gasteiger partial charge in [0, 0.05) is 38.9 Å². The maximum absolute atomic E-state index is 13.2. The molecule has 0 saturated carbocycles. The van der Waals surface area contributed by atoms with Crippen LogP contribution in [-0.2, 0) is 9.53 Å². The number of amides is 1. The summed E-state index contributed by atoms with van der Waals surface area (Å²) in [6.45, 7) is 3.78. The lowest BCUT2D eigenvalue weighted by molar-refractivity contribution is -0.139. The van der Waals surface area contributed by atoms with E-state index in [2.05, 4.69) is 14.9 Å². The summed E-state index contributed by atoms with van der Waals surface area (Å²) in [5.41, 5.74) is -0.325. The molecule has 0 aliphatic carbocycles. The number of likely N-dealkylation sites (tertiary alicyclic amines) is 1. The van der Waals surface area contributed by atoms with Gasteiger partial charge in [0.2, 0.25) is 11.9 Å². The van der Waals surface area contributed by atoms with Crippen molar-refractivity contribution >= 4 is 11.9 Å². The van der Waals surface area contributed by atoms with Gasteiger partial charge in [-0.1, -0.05) is 0 Å². The molecule has 1 amide bonds. The van der Waals surface area contributed by atoms with Crippen LogP contribution in [0.3, 0.4) is 0 Å². The summed E-state index contributed by atoms with van der Waals surface area (Å²) in [5, 5.41) is 0. The molecule has 6 nitrogen and oxygen atoms in total. The Kier molecular flexibility index (Phi) is 4.12. The minimum absolute atomic E-state index is 0.279. The largest absolute Gasteiger partial charge is 0.381 e. The molecule has 4 heterocycles. The normalized spacial score (nSPS) is 28.8. The second kappa shape index (κ2) is 6.27. The summed E-state index contributed by atoms with van der Waals surface area (Å²) >= 11 is 0. The summed E-state index contributed by atoms with van der Waals surface area (Å²) in [7, 11) is 0. The Labute approximate surface area is 141 Å². The summed E-state index contributed by atoms with van der Waals surface area (Å²) < 4.78 is 18.5. The van der Waals surface area contributed by atoms with Gasteiger partial charge in [-0.15, -0.1) is 0 Å². The molecule has 4 rings (SSSR count). The van der Waals surface area contributed by atoms with Gasteiger partial charge in [-0.2, -0.15) is 0 Å². The molecular weight excluding hydrogens is 311 g/mol. The van der Waals surface area contributed by atoms with E-state index in [1.54, 1.807) is 0 Å². The zero-order chi connectivity index (χ0) is 16.6. The van der Waals surface area contributed by atoms with E-state index in [-0.39, 0.29) is 11.3 Å². The molecule has 3 saturated heterocycles. The maximum Gasteiger partial charge on any atom is 0.230 e. The van der Waals surface area contributed by atoms with Gasteiger partial charge in [-0.3, -0.25) is 4.79 Å². The lowest BCUT2D eigenvalue weighted by Gasteiger charge is -2.40. The van der Waals surface area contributed by atoms with E-state index in [1.165, 1.54) is 12.4 Å². The molecule has 0 radical (unpaired) electrons. The summed E-state index contributed by atoms with van der Waals surface area (Å²) in [6.07, 6.45) is 7.00. The lowest BCUT2D eigenvalue weighted by Crippen LogP contribution is -2.50. The number of piperidine rings is 1. The number of carbonyl (C=O) groups excluding carboxylic acids is 1. The zero-order valence-corrected chi connectivity index (χ0v) is 13.8. The van der Waals surface area contributed by atoms with Gasteiger partial charge < -0.3 is 14.5 Å². The van der Waals surface area contributed by atoms with Crippen LogP contribution in [-0.4, -0.2) is 59.7 Å². The average Bonchev–Trinajstić information content (AvgIpc) is 2.93. The van der Waals surface area contributed by atoms with E-state index < -0.39 is 5.82 Å². The quantitative estimate of drug-likeness (QED) is 0.822. The molecule has 1 spiro atoms. The standard InChI is InChI=1S/C17H23FN4O2/c18-13-10-19-16(20-11-13)21-6-1-4-17(12-21)5-7-22(15(17)23)14-2-8-24-9-3-14/h10-11,14H,1-9,12H2/t17-/m1/s1. The molecule has 130 valence electrons. The van der Waals surface area contributed by atoms with Gasteiger partial charge in [-0.25, -0.2) is 14.4 Å². The van der Waals surface area contributed by atoms with Gasteiger partial charge in [0.1, 0.15) is 0 Å². The van der Waals surface area contributed by atoms with E-state index in [0.717, 1.165) is 58.4 Å². The Morgan fingerprint density at radius 2 is 1.92 bits per heavy atom. The van der Waals surface area contributed by atoms with Gasteiger partial charge in [0.05, 0.1) is 17.8 Å². The molecule has 1 atom stereocenters. The third-order valence-electron chi connectivity index (χ3n) is 5.64. The first-order valence-electron chi connectivity index (χ1n) is 8.79. The van der Waals surface area contributed by atoms with E-state index in [9.17, 15) is 9.18 Å². The summed E-state index contributed by atoms with van der Waals surface area (Å²) in [5.74, 6) is 0.363. The Balaban J connectivity index is 1.50. The van der Waals surface area contributed by atoms with Crippen LogP contribution in [0.1, 0.15) is 32.1 Å². The molecular formula is C17H23FN4O2. The van der Waals surface area contributed by atoms with Crippen molar-refractivity contribution in [3.05, 3.63) is 18.2 Å². The fraction of sp³-hybridized carbons (Fsp3) is 0.706. The molecule has 3 aliphatic rings. The first-order chi connectivity index (χ1) is 11.7. The Morgan fingerprint density at radius 3 is 2.67 bits per heavy atom. The molecule has 3 aliphatic heterocycles. The predicted octanol–water partition coefficient (Wildman–Crippen LogP) is 1.61. The van der Waals surface area contributed by atoms with Crippen LogP contribution in [0.4, 0.5) is 10.3 Å². The van der Waals surface area contributed by atoms with Crippen LogP contribution >= 0.6 is 0 Å². The van der Waals surface area contributed by atoms with Crippen molar-refractivity contribution in [1.82, 2.24) is 14.9 Å². The number of nitrogens with zero attached hydrogens (tertiary/aromatic N) is 4. The fourth-order valence-electron chi connectivity index (χ4n) is 4.34. The zero-order valence-electron chi connectivity index (χ0n) is 13.8. The first kappa shape index (κ1) is 15.7. The number of halogens is 1. The number of ether oxygens (including phenoxy) is 1. The van der Waals surface area contributed by atoms with E-state index in [0.29, 0.717) is 18.5 Å². The Hall–Kier alpha value is -1.76. The van der Waals surface area contributed by atoms with Crippen molar-refractivity contribution in [3.63, 3.8) is 0 Å². The molecule has 1 aromatic rings. The van der Waals surface area contributed by atoms with E-state index in [4.69, 9.17) is 4.74 Å². The van der Waals surface area contributed by atoms with Crippen LogP contribution in [0.5, 0.6) is 0 Å². The molecule has 1 aromatic heterocycles. The highest BCUT2D eigenvalue weighted by atomic mass is 19.1. The van der Waals surface area contributed by atoms with E-state index >= 15 is 0 Å². The van der Waals surface area contributed by atoms with Gasteiger partial charge in [0.25, 0.3) is 0 Å². The topological polar surface area (TPSA) is 58.6 Å². The second-order valence-electron chi connectivity index (χ2n) is 7.10. The minimum Gasteiger partial charge on any atom is -0.381 e. The molecule has 24 heavy (non-hydrogen) atoms. The molecule has 3 fully saturated rings. The first-order valence-corrected chi connectivity index (χ1v) is 8.79. The monoisotopic (exact) mass is 334 g/mol. The van der Waals surface area contributed by atoms with Crippen LogP contribution in [0.25, 0.3) is 0 Å². The second-order valence-corrected chi connectivity index (χ2v) is 7.10. The maximum atomic E-state index is 13.2. The Bertz CT molecular complexity index is 605. The van der Waals surface area contributed by atoms with Gasteiger partial charge in [-0.05, 0) is 32.1 Å². The number of hydrogen-bond acceptors (Lipinski definition) is 5. The molecule has 0 unspecified atom stereocenters. The van der Waals surface area contributed by atoms with Crippen LogP contribution in [0.2, 0.25) is 0 Å². The molecule has 0 bridgehead atoms. The number of anilines is 1. The smallest absolute Gasteiger partial charge is 0.230 e. The lowest BCUT2D eigenvalue weighted by atomic mass is 9.78. The van der Waals surface area contributed by atoms with E-state index in [1.807, 2.05) is 4.90 Å². The van der Waals surface area contributed by atoms with Crippen LogP contribution in [0, 0.1) is 11.2 Å². The third kappa shape index (κ3) is 2.75. The van der Waals surface area contributed by atoms with Crippen LogP contribution in [0.15, 0.2) is 12.4 Å². The SMILES string of the molecule is O=C1N(C2CCOCC2)CC[C@@]12CCCN(c1ncc(F)cn1)C2. The average molecular weight is 334 g/mol. The fourth-order valence-corrected chi connectivity index (χ4v) is 4.34. The van der Waals surface area contributed by atoms with Crippen molar-refractivity contribution < 1.29 is 13.9 Å². The number of carbonyl (C=O) groups is 1. The number of hydrogen-bond donors (Lipinski definition) is 0. The van der Waals surface area contributed by atoms with Crippen molar-refractivity contribution in [3.8, 4) is 0 Å². The van der Waals surface area contributed by atoms with Crippen LogP contribution < -0.4 is 4.90 Å². The Morgan fingerprint density at radius 1 is 1.17 bits per heavy atom. The molecule has 7 heteroatoms. The minimum atomic E-state index is -0.437. The number of aromatic nitrogens is 2. The third-order valence-corrected chi connectivity index (χ3v) is 5.64. The van der Waals surface area contributed by atoms with Gasteiger partial charge in [0.15, 0.2) is 5.82 Å². The van der Waals surface area contributed by atoms with Crippen molar-refractivity contribution in [2.24, 2.45) is 5.41 Å². The van der Waals surface area contributed by atoms with Crippen molar-refractivity contribution in [2.45, 2.75) is 38.1 Å². The molecule has 0 aromatic carbocycles.